The van der Waals surface area contributed by atoms with Crippen LogP contribution in [0.3, 0.4) is 0 Å². The van der Waals surface area contributed by atoms with Gasteiger partial charge in [0.15, 0.2) is 5.69 Å². The number of carbonyl (C=O) groups is 1. The molecule has 1 saturated carbocycles. The number of nitro groups is 1. The van der Waals surface area contributed by atoms with E-state index in [4.69, 9.17) is 0 Å². The maximum atomic E-state index is 12.2. The highest BCUT2D eigenvalue weighted by Gasteiger charge is 2.26. The van der Waals surface area contributed by atoms with Gasteiger partial charge in [-0.1, -0.05) is 6.42 Å². The summed E-state index contributed by atoms with van der Waals surface area (Å²) in [6, 6.07) is 4.22. The first-order valence-electron chi connectivity index (χ1n) is 7.15. The summed E-state index contributed by atoms with van der Waals surface area (Å²) < 4.78 is 0. The molecule has 2 atom stereocenters. The number of aromatic nitrogens is 2. The van der Waals surface area contributed by atoms with Gasteiger partial charge in [0.2, 0.25) is 0 Å². The van der Waals surface area contributed by atoms with Crippen LogP contribution in [0.15, 0.2) is 18.2 Å². The van der Waals surface area contributed by atoms with Crippen LogP contribution < -0.4 is 5.32 Å². The number of nitrogens with zero attached hydrogens (tertiary/aromatic N) is 2. The first-order valence-corrected chi connectivity index (χ1v) is 7.15. The van der Waals surface area contributed by atoms with Crippen LogP contribution in [-0.4, -0.2) is 38.8 Å². The van der Waals surface area contributed by atoms with Gasteiger partial charge in [-0.3, -0.25) is 20.0 Å². The van der Waals surface area contributed by atoms with E-state index >= 15 is 0 Å². The quantitative estimate of drug-likeness (QED) is 0.581. The van der Waals surface area contributed by atoms with Crippen molar-refractivity contribution in [1.82, 2.24) is 15.5 Å². The molecule has 0 saturated heterocycles. The summed E-state index contributed by atoms with van der Waals surface area (Å²) in [6.45, 7) is 0.378. The summed E-state index contributed by atoms with van der Waals surface area (Å²) in [6.07, 6.45) is 2.23. The number of rotatable bonds is 4. The lowest BCUT2D eigenvalue weighted by Gasteiger charge is -2.14. The number of hydrogen-bond acceptors (Lipinski definition) is 5. The maximum absolute atomic E-state index is 12.2. The molecule has 1 aromatic carbocycles. The zero-order chi connectivity index (χ0) is 15.7. The summed E-state index contributed by atoms with van der Waals surface area (Å²) in [4.78, 5) is 22.5. The fourth-order valence-electron chi connectivity index (χ4n) is 2.85. The van der Waals surface area contributed by atoms with E-state index in [1.165, 1.54) is 18.2 Å². The molecule has 0 radical (unpaired) electrons. The van der Waals surface area contributed by atoms with Crippen molar-refractivity contribution in [2.75, 3.05) is 6.54 Å². The molecule has 116 valence electrons. The Labute approximate surface area is 125 Å². The Morgan fingerprint density at radius 2 is 2.32 bits per heavy atom. The van der Waals surface area contributed by atoms with Gasteiger partial charge in [-0.25, -0.2) is 0 Å². The second kappa shape index (κ2) is 5.72. The molecular formula is C14H16N4O4. The third kappa shape index (κ3) is 2.64. The van der Waals surface area contributed by atoms with E-state index in [0.717, 1.165) is 19.3 Å². The van der Waals surface area contributed by atoms with Crippen LogP contribution in [0.4, 0.5) is 5.69 Å². The van der Waals surface area contributed by atoms with Gasteiger partial charge in [-0.2, -0.15) is 5.10 Å². The molecule has 3 N–H and O–H groups in total. The van der Waals surface area contributed by atoms with E-state index in [2.05, 4.69) is 15.5 Å². The molecule has 1 heterocycles. The van der Waals surface area contributed by atoms with Gasteiger partial charge in [-0.15, -0.1) is 0 Å². The zero-order valence-corrected chi connectivity index (χ0v) is 11.8. The number of carbonyl (C=O) groups excluding carboxylic acids is 1. The highest BCUT2D eigenvalue weighted by atomic mass is 16.6. The van der Waals surface area contributed by atoms with E-state index in [0.29, 0.717) is 17.4 Å². The molecule has 1 aromatic heterocycles. The average Bonchev–Trinajstić information content (AvgIpc) is 3.10. The van der Waals surface area contributed by atoms with Crippen LogP contribution in [0.25, 0.3) is 10.9 Å². The summed E-state index contributed by atoms with van der Waals surface area (Å²) in [5, 5.41) is 30.4. The number of H-pyrrole nitrogens is 1. The van der Waals surface area contributed by atoms with Gasteiger partial charge in [0.05, 0.1) is 16.5 Å². The third-order valence-corrected chi connectivity index (χ3v) is 4.12. The van der Waals surface area contributed by atoms with E-state index in [-0.39, 0.29) is 23.4 Å². The number of aliphatic hydroxyl groups is 1. The van der Waals surface area contributed by atoms with Crippen molar-refractivity contribution in [3.63, 3.8) is 0 Å². The largest absolute Gasteiger partial charge is 0.393 e. The number of fused-ring (bicyclic) bond motifs is 1. The van der Waals surface area contributed by atoms with Gasteiger partial charge >= 0.3 is 0 Å². The zero-order valence-electron chi connectivity index (χ0n) is 11.8. The first kappa shape index (κ1) is 14.5. The van der Waals surface area contributed by atoms with Crippen molar-refractivity contribution in [3.05, 3.63) is 34.0 Å². The molecule has 1 fully saturated rings. The Kier molecular flexibility index (Phi) is 3.76. The molecular weight excluding hydrogens is 288 g/mol. The van der Waals surface area contributed by atoms with E-state index < -0.39 is 10.8 Å². The molecule has 1 aliphatic rings. The topological polar surface area (TPSA) is 121 Å². The molecule has 0 aliphatic heterocycles. The minimum Gasteiger partial charge on any atom is -0.393 e. The van der Waals surface area contributed by atoms with Gasteiger partial charge in [0, 0.05) is 30.0 Å². The second-order valence-corrected chi connectivity index (χ2v) is 5.53. The third-order valence-electron chi connectivity index (χ3n) is 4.12. The number of nitro benzene ring substituents is 1. The number of hydrogen-bond donors (Lipinski definition) is 3. The van der Waals surface area contributed by atoms with Crippen LogP contribution in [0.2, 0.25) is 0 Å². The standard InChI is InChI=1S/C14H16N4O4/c19-12-3-1-2-8(12)7-15-14(20)13-10-6-9(18(21)22)4-5-11(10)16-17-13/h4-6,8,12,19H,1-3,7H2,(H,15,20)(H,16,17). The van der Waals surface area contributed by atoms with Crippen LogP contribution in [0.5, 0.6) is 0 Å². The Balaban J connectivity index is 1.78. The number of aliphatic hydroxyl groups excluding tert-OH is 1. The second-order valence-electron chi connectivity index (χ2n) is 5.53. The van der Waals surface area contributed by atoms with Crippen molar-refractivity contribution in [3.8, 4) is 0 Å². The van der Waals surface area contributed by atoms with E-state index in [9.17, 15) is 20.0 Å². The number of benzene rings is 1. The number of aromatic amines is 1. The predicted molar refractivity (Wildman–Crippen MR) is 78.4 cm³/mol. The number of non-ortho nitro benzene ring substituents is 1. The van der Waals surface area contributed by atoms with Crippen molar-refractivity contribution in [1.29, 1.82) is 0 Å². The van der Waals surface area contributed by atoms with E-state index in [1.54, 1.807) is 0 Å². The molecule has 3 rings (SSSR count). The summed E-state index contributed by atoms with van der Waals surface area (Å²) in [5.74, 6) is -0.339. The number of amides is 1. The molecule has 0 bridgehead atoms. The van der Waals surface area contributed by atoms with Gasteiger partial charge in [-0.05, 0) is 18.9 Å². The lowest BCUT2D eigenvalue weighted by molar-refractivity contribution is -0.384. The minimum absolute atomic E-state index is 0.0588. The normalized spacial score (nSPS) is 21.1. The summed E-state index contributed by atoms with van der Waals surface area (Å²) in [5.41, 5.74) is 0.608. The lowest BCUT2D eigenvalue weighted by atomic mass is 10.1. The van der Waals surface area contributed by atoms with Gasteiger partial charge in [0.25, 0.3) is 11.6 Å². The fraction of sp³-hybridized carbons (Fsp3) is 0.429. The van der Waals surface area contributed by atoms with Crippen molar-refractivity contribution in [2.24, 2.45) is 5.92 Å². The first-order chi connectivity index (χ1) is 10.6. The van der Waals surface area contributed by atoms with Crippen LogP contribution >= 0.6 is 0 Å². The molecule has 1 amide bonds. The molecule has 1 aliphatic carbocycles. The van der Waals surface area contributed by atoms with Crippen LogP contribution in [0.1, 0.15) is 29.8 Å². The van der Waals surface area contributed by atoms with E-state index in [1.807, 2.05) is 0 Å². The smallest absolute Gasteiger partial charge is 0.272 e. The fourth-order valence-corrected chi connectivity index (χ4v) is 2.85. The molecule has 8 nitrogen and oxygen atoms in total. The van der Waals surface area contributed by atoms with Gasteiger partial charge < -0.3 is 10.4 Å². The average molecular weight is 304 g/mol. The Morgan fingerprint density at radius 3 is 3.00 bits per heavy atom. The molecule has 8 heteroatoms. The van der Waals surface area contributed by atoms with Crippen molar-refractivity contribution in [2.45, 2.75) is 25.4 Å². The highest BCUT2D eigenvalue weighted by molar-refractivity contribution is 6.05. The lowest BCUT2D eigenvalue weighted by Crippen LogP contribution is -2.32. The SMILES string of the molecule is O=C(NCC1CCCC1O)c1n[nH]c2ccc([N+](=O)[O-])cc12. The highest BCUT2D eigenvalue weighted by Crippen LogP contribution is 2.25. The minimum atomic E-state index is -0.511. The molecule has 2 aromatic rings. The molecule has 22 heavy (non-hydrogen) atoms. The Morgan fingerprint density at radius 1 is 1.50 bits per heavy atom. The van der Waals surface area contributed by atoms with Gasteiger partial charge in [0.1, 0.15) is 0 Å². The summed E-state index contributed by atoms with van der Waals surface area (Å²) >= 11 is 0. The molecule has 0 spiro atoms. The van der Waals surface area contributed by atoms with Crippen LogP contribution in [-0.2, 0) is 0 Å². The summed E-state index contributed by atoms with van der Waals surface area (Å²) in [7, 11) is 0. The van der Waals surface area contributed by atoms with Crippen LogP contribution in [0, 0.1) is 16.0 Å². The maximum Gasteiger partial charge on any atom is 0.272 e. The monoisotopic (exact) mass is 304 g/mol. The Bertz CT molecular complexity index is 727. The van der Waals surface area contributed by atoms with Crippen molar-refractivity contribution >= 4 is 22.5 Å². The predicted octanol–water partition coefficient (Wildman–Crippen LogP) is 1.36. The molecule has 2 unspecified atom stereocenters. The number of nitrogens with one attached hydrogen (secondary N) is 2. The Hall–Kier alpha value is -2.48. The van der Waals surface area contributed by atoms with Crippen molar-refractivity contribution < 1.29 is 14.8 Å².